The molecule has 0 saturated carbocycles. The first kappa shape index (κ1) is 20.1. The summed E-state index contributed by atoms with van der Waals surface area (Å²) in [5.41, 5.74) is 3.54. The van der Waals surface area contributed by atoms with E-state index >= 15 is 0 Å². The second-order valence-corrected chi connectivity index (χ2v) is 7.30. The minimum absolute atomic E-state index is 0.0412. The average molecular weight is 403 g/mol. The number of imidazole rings is 1. The number of carbonyl (C=O) groups excluding carboxylic acids is 1. The summed E-state index contributed by atoms with van der Waals surface area (Å²) in [7, 11) is 0. The molecule has 7 nitrogen and oxygen atoms in total. The van der Waals surface area contributed by atoms with Crippen molar-refractivity contribution in [1.29, 1.82) is 5.26 Å². The second-order valence-electron chi connectivity index (χ2n) is 7.30. The van der Waals surface area contributed by atoms with Crippen LogP contribution in [0.15, 0.2) is 54.9 Å². The van der Waals surface area contributed by atoms with E-state index in [9.17, 15) is 4.79 Å². The maximum Gasteiger partial charge on any atom is 0.253 e. The van der Waals surface area contributed by atoms with Gasteiger partial charge in [0.1, 0.15) is 6.33 Å². The molecule has 0 spiro atoms. The topological polar surface area (TPSA) is 74.4 Å². The van der Waals surface area contributed by atoms with Crippen molar-refractivity contribution in [1.82, 2.24) is 19.4 Å². The summed E-state index contributed by atoms with van der Waals surface area (Å²) in [6.45, 7) is 5.07. The first-order valence-corrected chi connectivity index (χ1v) is 10.2. The molecule has 0 bridgehead atoms. The van der Waals surface area contributed by atoms with E-state index in [4.69, 9.17) is 10.00 Å². The Bertz CT molecular complexity index is 1030. The maximum absolute atomic E-state index is 13.1. The number of morpholine rings is 1. The molecule has 0 aliphatic carbocycles. The zero-order chi connectivity index (χ0) is 20.8. The van der Waals surface area contributed by atoms with E-state index < -0.39 is 0 Å². The van der Waals surface area contributed by atoms with Crippen LogP contribution >= 0.6 is 0 Å². The number of nitrogens with zero attached hydrogens (tertiary/aromatic N) is 5. The lowest BCUT2D eigenvalue weighted by Crippen LogP contribution is -2.43. The van der Waals surface area contributed by atoms with Crippen molar-refractivity contribution >= 4 is 16.9 Å². The Morgan fingerprint density at radius 2 is 1.87 bits per heavy atom. The summed E-state index contributed by atoms with van der Waals surface area (Å²) in [6.07, 6.45) is 2.12. The van der Waals surface area contributed by atoms with Crippen LogP contribution in [0.5, 0.6) is 0 Å². The fourth-order valence-electron chi connectivity index (χ4n) is 3.70. The van der Waals surface area contributed by atoms with Gasteiger partial charge in [-0.3, -0.25) is 14.3 Å². The highest BCUT2D eigenvalue weighted by Gasteiger charge is 2.18. The molecular formula is C23H25N5O2. The van der Waals surface area contributed by atoms with Crippen LogP contribution in [-0.4, -0.2) is 71.2 Å². The molecule has 1 aromatic heterocycles. The number of aromatic nitrogens is 2. The Balaban J connectivity index is 1.47. The van der Waals surface area contributed by atoms with E-state index in [1.807, 2.05) is 53.1 Å². The van der Waals surface area contributed by atoms with Crippen molar-refractivity contribution in [3.8, 4) is 11.8 Å². The lowest BCUT2D eigenvalue weighted by atomic mass is 10.1. The van der Waals surface area contributed by atoms with E-state index in [-0.39, 0.29) is 5.91 Å². The molecule has 1 aliphatic rings. The maximum atomic E-state index is 13.1. The monoisotopic (exact) mass is 403 g/mol. The summed E-state index contributed by atoms with van der Waals surface area (Å²) in [5.74, 6) is -0.0412. The molecule has 4 rings (SSSR count). The summed E-state index contributed by atoms with van der Waals surface area (Å²) < 4.78 is 7.39. The van der Waals surface area contributed by atoms with Crippen molar-refractivity contribution in [2.45, 2.75) is 6.42 Å². The van der Waals surface area contributed by atoms with Crippen molar-refractivity contribution in [2.24, 2.45) is 0 Å². The van der Waals surface area contributed by atoms with Gasteiger partial charge in [-0.25, -0.2) is 4.98 Å². The molecule has 0 atom stereocenters. The largest absolute Gasteiger partial charge is 0.379 e. The lowest BCUT2D eigenvalue weighted by molar-refractivity contribution is 0.0326. The van der Waals surface area contributed by atoms with Crippen molar-refractivity contribution in [3.05, 3.63) is 60.4 Å². The number of hydrogen-bond donors (Lipinski definition) is 0. The Kier molecular flexibility index (Phi) is 6.38. The van der Waals surface area contributed by atoms with Crippen molar-refractivity contribution in [2.75, 3.05) is 45.9 Å². The van der Waals surface area contributed by atoms with Crippen LogP contribution in [-0.2, 0) is 4.74 Å². The summed E-state index contributed by atoms with van der Waals surface area (Å²) >= 11 is 0. The molecule has 30 heavy (non-hydrogen) atoms. The molecule has 1 saturated heterocycles. The lowest BCUT2D eigenvalue weighted by Gasteiger charge is -2.30. The van der Waals surface area contributed by atoms with Gasteiger partial charge in [-0.1, -0.05) is 12.1 Å². The normalized spacial score (nSPS) is 14.5. The van der Waals surface area contributed by atoms with Crippen LogP contribution in [0.25, 0.3) is 16.7 Å². The van der Waals surface area contributed by atoms with Gasteiger partial charge < -0.3 is 9.64 Å². The van der Waals surface area contributed by atoms with E-state index in [0.717, 1.165) is 49.6 Å². The zero-order valence-corrected chi connectivity index (χ0v) is 16.9. The molecule has 0 radical (unpaired) electrons. The molecule has 1 aliphatic heterocycles. The molecule has 7 heteroatoms. The van der Waals surface area contributed by atoms with Gasteiger partial charge in [0.2, 0.25) is 0 Å². The van der Waals surface area contributed by atoms with Gasteiger partial charge in [-0.2, -0.15) is 5.26 Å². The molecule has 2 aromatic carbocycles. The van der Waals surface area contributed by atoms with Gasteiger partial charge in [0.05, 0.1) is 36.7 Å². The minimum Gasteiger partial charge on any atom is -0.379 e. The Morgan fingerprint density at radius 1 is 1.10 bits per heavy atom. The Hall–Kier alpha value is -3.21. The summed E-state index contributed by atoms with van der Waals surface area (Å²) in [4.78, 5) is 21.6. The van der Waals surface area contributed by atoms with E-state index in [2.05, 4.69) is 16.0 Å². The number of carbonyl (C=O) groups is 1. The summed E-state index contributed by atoms with van der Waals surface area (Å²) in [6, 6.07) is 17.7. The number of amides is 1. The highest BCUT2D eigenvalue weighted by Crippen LogP contribution is 2.19. The number of rotatable bonds is 7. The predicted molar refractivity (Wildman–Crippen MR) is 114 cm³/mol. The Morgan fingerprint density at radius 3 is 2.63 bits per heavy atom. The third-order valence-corrected chi connectivity index (χ3v) is 5.42. The number of ether oxygens (including phenoxy) is 1. The Labute approximate surface area is 176 Å². The van der Waals surface area contributed by atoms with Crippen LogP contribution < -0.4 is 0 Å². The molecule has 3 aromatic rings. The van der Waals surface area contributed by atoms with Crippen LogP contribution in [0, 0.1) is 11.3 Å². The van der Waals surface area contributed by atoms with Crippen LogP contribution in [0.2, 0.25) is 0 Å². The predicted octanol–water partition coefficient (Wildman–Crippen LogP) is 2.71. The number of hydrogen-bond acceptors (Lipinski definition) is 5. The van der Waals surface area contributed by atoms with E-state index in [1.165, 1.54) is 0 Å². The van der Waals surface area contributed by atoms with E-state index in [1.54, 1.807) is 11.2 Å². The number of benzene rings is 2. The first-order chi connectivity index (χ1) is 14.8. The molecule has 0 N–H and O–H groups in total. The molecule has 1 amide bonds. The van der Waals surface area contributed by atoms with E-state index in [0.29, 0.717) is 25.1 Å². The highest BCUT2D eigenvalue weighted by atomic mass is 16.5. The molecule has 0 unspecified atom stereocenters. The second kappa shape index (κ2) is 9.53. The van der Waals surface area contributed by atoms with Gasteiger partial charge in [-0.15, -0.1) is 0 Å². The zero-order valence-electron chi connectivity index (χ0n) is 16.9. The van der Waals surface area contributed by atoms with Gasteiger partial charge in [0.25, 0.3) is 5.91 Å². The molecule has 2 heterocycles. The quantitative estimate of drug-likeness (QED) is 0.606. The number of nitriles is 1. The third-order valence-electron chi connectivity index (χ3n) is 5.42. The van der Waals surface area contributed by atoms with Gasteiger partial charge in [0, 0.05) is 44.0 Å². The van der Waals surface area contributed by atoms with Gasteiger partial charge >= 0.3 is 0 Å². The van der Waals surface area contributed by atoms with Gasteiger partial charge in [-0.05, 0) is 36.4 Å². The fraction of sp³-hybridized carbons (Fsp3) is 0.348. The van der Waals surface area contributed by atoms with Crippen LogP contribution in [0.3, 0.4) is 0 Å². The molecule has 1 fully saturated rings. The number of para-hydroxylation sites is 2. The highest BCUT2D eigenvalue weighted by molar-refractivity contribution is 5.94. The van der Waals surface area contributed by atoms with Gasteiger partial charge in [0.15, 0.2) is 0 Å². The minimum atomic E-state index is -0.0412. The standard InChI is InChI=1S/C23H25N5O2/c24-10-3-11-27(13-12-26-14-16-30-17-15-26)23(29)19-6-8-20(9-7-19)28-18-25-21-4-1-2-5-22(21)28/h1-2,4-9,18H,3,11-17H2. The van der Waals surface area contributed by atoms with Crippen LogP contribution in [0.1, 0.15) is 16.8 Å². The van der Waals surface area contributed by atoms with Crippen molar-refractivity contribution < 1.29 is 9.53 Å². The van der Waals surface area contributed by atoms with Crippen molar-refractivity contribution in [3.63, 3.8) is 0 Å². The number of fused-ring (bicyclic) bond motifs is 1. The van der Waals surface area contributed by atoms with Crippen LogP contribution in [0.4, 0.5) is 0 Å². The first-order valence-electron chi connectivity index (χ1n) is 10.2. The smallest absolute Gasteiger partial charge is 0.253 e. The molecular weight excluding hydrogens is 378 g/mol. The summed E-state index contributed by atoms with van der Waals surface area (Å²) in [5, 5.41) is 8.99. The average Bonchev–Trinajstić information content (AvgIpc) is 3.24. The SMILES string of the molecule is N#CCCN(CCN1CCOCC1)C(=O)c1ccc(-n2cnc3ccccc32)cc1. The fourth-order valence-corrected chi connectivity index (χ4v) is 3.70. The molecule has 154 valence electrons. The third kappa shape index (κ3) is 4.51.